The van der Waals surface area contributed by atoms with Gasteiger partial charge in [-0.1, -0.05) is 80.6 Å². The highest BCUT2D eigenvalue weighted by Crippen LogP contribution is 2.37. The fourth-order valence-corrected chi connectivity index (χ4v) is 4.55. The van der Waals surface area contributed by atoms with Gasteiger partial charge in [0, 0.05) is 0 Å². The van der Waals surface area contributed by atoms with E-state index in [9.17, 15) is 8.78 Å². The summed E-state index contributed by atoms with van der Waals surface area (Å²) in [6.45, 7) is 2.25. The van der Waals surface area contributed by atoms with Gasteiger partial charge in [0.1, 0.15) is 16.7 Å². The monoisotopic (exact) mass is 424 g/mol. The van der Waals surface area contributed by atoms with Gasteiger partial charge < -0.3 is 0 Å². The van der Waals surface area contributed by atoms with Gasteiger partial charge in [0.05, 0.1) is 0 Å². The molecule has 3 heteroatoms. The van der Waals surface area contributed by atoms with Crippen LogP contribution in [0.4, 0.5) is 8.78 Å². The van der Waals surface area contributed by atoms with Crippen LogP contribution in [-0.2, 0) is 19.3 Å². The minimum absolute atomic E-state index is 0.452. The second-order valence-corrected chi connectivity index (χ2v) is 8.66. The van der Waals surface area contributed by atoms with Gasteiger partial charge in [-0.2, -0.15) is 0 Å². The molecule has 0 saturated heterocycles. The Hall–Kier alpha value is -2.19. The summed E-state index contributed by atoms with van der Waals surface area (Å²) in [5.41, 5.74) is 7.90. The second-order valence-electron chi connectivity index (χ2n) is 8.28. The molecule has 156 valence electrons. The maximum Gasteiger partial charge on any atom is 0.145 e. The van der Waals surface area contributed by atoms with Crippen molar-refractivity contribution in [3.05, 3.63) is 81.9 Å². The minimum atomic E-state index is -0.725. The van der Waals surface area contributed by atoms with Crippen LogP contribution in [-0.4, -0.2) is 0 Å². The van der Waals surface area contributed by atoms with Gasteiger partial charge in [-0.25, -0.2) is 8.78 Å². The first-order valence-corrected chi connectivity index (χ1v) is 11.3. The third-order valence-electron chi connectivity index (χ3n) is 6.11. The van der Waals surface area contributed by atoms with Crippen molar-refractivity contribution in [2.75, 3.05) is 0 Å². The molecule has 0 bridgehead atoms. The first-order chi connectivity index (χ1) is 14.6. The van der Waals surface area contributed by atoms with Crippen LogP contribution in [0, 0.1) is 11.6 Å². The zero-order valence-corrected chi connectivity index (χ0v) is 18.2. The van der Waals surface area contributed by atoms with Crippen molar-refractivity contribution in [1.82, 2.24) is 0 Å². The lowest BCUT2D eigenvalue weighted by Crippen LogP contribution is -2.05. The van der Waals surface area contributed by atoms with Gasteiger partial charge >= 0.3 is 0 Å². The summed E-state index contributed by atoms with van der Waals surface area (Å²) in [4.78, 5) is 0. The summed E-state index contributed by atoms with van der Waals surface area (Å²) < 4.78 is 27.8. The molecule has 4 rings (SSSR count). The quantitative estimate of drug-likeness (QED) is 0.263. The summed E-state index contributed by atoms with van der Waals surface area (Å²) in [7, 11) is 0. The summed E-state index contributed by atoms with van der Waals surface area (Å²) >= 11 is 5.63. The molecule has 0 radical (unpaired) electrons. The van der Waals surface area contributed by atoms with E-state index >= 15 is 0 Å². The van der Waals surface area contributed by atoms with E-state index in [1.807, 2.05) is 6.07 Å². The van der Waals surface area contributed by atoms with Crippen molar-refractivity contribution < 1.29 is 8.78 Å². The molecule has 0 nitrogen and oxygen atoms in total. The molecule has 0 aliphatic heterocycles. The number of halogens is 3. The van der Waals surface area contributed by atoms with Crippen molar-refractivity contribution in [3.8, 4) is 22.3 Å². The van der Waals surface area contributed by atoms with Gasteiger partial charge in [-0.15, -0.1) is 0 Å². The van der Waals surface area contributed by atoms with Crippen molar-refractivity contribution in [1.29, 1.82) is 0 Å². The van der Waals surface area contributed by atoms with Gasteiger partial charge in [0.25, 0.3) is 0 Å². The van der Waals surface area contributed by atoms with Crippen molar-refractivity contribution in [3.63, 3.8) is 0 Å². The van der Waals surface area contributed by atoms with Crippen LogP contribution in [0.5, 0.6) is 0 Å². The SMILES string of the molecule is CCCCCCCc1ccc2c(c1)CCc1cc(-c3cc(F)c(Cl)c(F)c3)ccc1-2. The Bertz CT molecular complexity index is 1030. The normalized spacial score (nSPS) is 12.5. The summed E-state index contributed by atoms with van der Waals surface area (Å²) in [5, 5.41) is -0.452. The molecule has 1 aliphatic rings. The van der Waals surface area contributed by atoms with E-state index in [-0.39, 0.29) is 0 Å². The average molecular weight is 425 g/mol. The number of fused-ring (bicyclic) bond motifs is 3. The molecule has 0 aromatic heterocycles. The first kappa shape index (κ1) is 21.1. The van der Waals surface area contributed by atoms with E-state index in [0.717, 1.165) is 24.8 Å². The Balaban J connectivity index is 1.55. The topological polar surface area (TPSA) is 0 Å². The summed E-state index contributed by atoms with van der Waals surface area (Å²) in [6.07, 6.45) is 9.60. The third kappa shape index (κ3) is 4.44. The molecule has 0 saturated carbocycles. The smallest absolute Gasteiger partial charge is 0.145 e. The zero-order chi connectivity index (χ0) is 21.1. The molecule has 3 aromatic rings. The van der Waals surface area contributed by atoms with E-state index in [1.165, 1.54) is 72.1 Å². The molecule has 1 aliphatic carbocycles. The van der Waals surface area contributed by atoms with Crippen LogP contribution in [0.2, 0.25) is 5.02 Å². The number of rotatable bonds is 7. The molecule has 0 heterocycles. The number of unbranched alkanes of at least 4 members (excludes halogenated alkanes) is 4. The van der Waals surface area contributed by atoms with E-state index in [1.54, 1.807) is 0 Å². The fourth-order valence-electron chi connectivity index (χ4n) is 4.44. The molecule has 30 heavy (non-hydrogen) atoms. The van der Waals surface area contributed by atoms with Gasteiger partial charge in [-0.3, -0.25) is 0 Å². The molecule has 0 atom stereocenters. The molecular formula is C27H27ClF2. The Kier molecular flexibility index (Phi) is 6.53. The largest absolute Gasteiger partial charge is 0.205 e. The summed E-state index contributed by atoms with van der Waals surface area (Å²) in [6, 6.07) is 15.6. The second kappa shape index (κ2) is 9.31. The lowest BCUT2D eigenvalue weighted by atomic mass is 9.83. The summed E-state index contributed by atoms with van der Waals surface area (Å²) in [5.74, 6) is -1.45. The van der Waals surface area contributed by atoms with E-state index in [4.69, 9.17) is 11.6 Å². The van der Waals surface area contributed by atoms with Gasteiger partial charge in [0.15, 0.2) is 0 Å². The highest BCUT2D eigenvalue weighted by molar-refractivity contribution is 6.31. The van der Waals surface area contributed by atoms with Crippen LogP contribution in [0.3, 0.4) is 0 Å². The molecule has 3 aromatic carbocycles. The number of aryl methyl sites for hydroxylation is 3. The molecule has 0 N–H and O–H groups in total. The highest BCUT2D eigenvalue weighted by atomic mass is 35.5. The van der Waals surface area contributed by atoms with E-state index in [0.29, 0.717) is 5.56 Å². The average Bonchev–Trinajstić information content (AvgIpc) is 2.76. The molecular weight excluding hydrogens is 398 g/mol. The Morgan fingerprint density at radius 3 is 2.07 bits per heavy atom. The highest BCUT2D eigenvalue weighted by Gasteiger charge is 2.18. The van der Waals surface area contributed by atoms with Crippen molar-refractivity contribution >= 4 is 11.6 Å². The molecule has 0 unspecified atom stereocenters. The van der Waals surface area contributed by atoms with Crippen molar-refractivity contribution in [2.45, 2.75) is 58.3 Å². The zero-order valence-electron chi connectivity index (χ0n) is 17.4. The van der Waals surface area contributed by atoms with Crippen molar-refractivity contribution in [2.24, 2.45) is 0 Å². The fraction of sp³-hybridized carbons (Fsp3) is 0.333. The standard InChI is InChI=1S/C27H27ClF2/c1-2-3-4-5-6-7-18-8-12-23-20(14-18)9-10-21-15-19(11-13-24(21)23)22-16-25(29)27(28)26(30)17-22/h8,11-17H,2-7,9-10H2,1H3. The maximum absolute atomic E-state index is 13.9. The third-order valence-corrected chi connectivity index (χ3v) is 6.48. The molecule has 0 fully saturated rings. The van der Waals surface area contributed by atoms with Crippen LogP contribution >= 0.6 is 11.6 Å². The Labute approximate surface area is 182 Å². The predicted molar refractivity (Wildman–Crippen MR) is 122 cm³/mol. The number of hydrogen-bond acceptors (Lipinski definition) is 0. The first-order valence-electron chi connectivity index (χ1n) is 11.0. The lowest BCUT2D eigenvalue weighted by Gasteiger charge is -2.22. The van der Waals surface area contributed by atoms with Crippen LogP contribution < -0.4 is 0 Å². The Morgan fingerprint density at radius 1 is 0.733 bits per heavy atom. The Morgan fingerprint density at radius 2 is 1.37 bits per heavy atom. The maximum atomic E-state index is 13.9. The van der Waals surface area contributed by atoms with Crippen LogP contribution in [0.25, 0.3) is 22.3 Å². The number of benzene rings is 3. The molecule has 0 spiro atoms. The van der Waals surface area contributed by atoms with E-state index < -0.39 is 16.7 Å². The van der Waals surface area contributed by atoms with Gasteiger partial charge in [-0.05, 0) is 76.8 Å². The van der Waals surface area contributed by atoms with Crippen LogP contribution in [0.1, 0.15) is 55.7 Å². The predicted octanol–water partition coefficient (Wildman–Crippen LogP) is 8.56. The lowest BCUT2D eigenvalue weighted by molar-refractivity contribution is 0.585. The molecule has 0 amide bonds. The van der Waals surface area contributed by atoms with Gasteiger partial charge in [0.2, 0.25) is 0 Å². The van der Waals surface area contributed by atoms with Crippen LogP contribution in [0.15, 0.2) is 48.5 Å². The van der Waals surface area contributed by atoms with E-state index in [2.05, 4.69) is 37.3 Å². The minimum Gasteiger partial charge on any atom is -0.205 e. The number of hydrogen-bond donors (Lipinski definition) is 0.